The zero-order valence-corrected chi connectivity index (χ0v) is 10.9. The van der Waals surface area contributed by atoms with Crippen molar-refractivity contribution < 1.29 is 0 Å². The summed E-state index contributed by atoms with van der Waals surface area (Å²) < 4.78 is 0. The number of nitrogens with zero attached hydrogens (tertiary/aromatic N) is 2. The maximum Gasteiger partial charge on any atom is 0.0442 e. The summed E-state index contributed by atoms with van der Waals surface area (Å²) in [6.07, 6.45) is 7.58. The van der Waals surface area contributed by atoms with Gasteiger partial charge < -0.3 is 10.6 Å². The summed E-state index contributed by atoms with van der Waals surface area (Å²) in [4.78, 5) is 6.61. The lowest BCUT2D eigenvalue weighted by molar-refractivity contribution is 0.238. The van der Waals surface area contributed by atoms with E-state index in [1.54, 1.807) is 0 Å². The Balaban J connectivity index is 2.10. The Morgan fingerprint density at radius 2 is 2.12 bits per heavy atom. The van der Waals surface area contributed by atoms with E-state index in [4.69, 9.17) is 5.73 Å². The molecular weight excluding hydrogens is 210 g/mol. The van der Waals surface area contributed by atoms with Gasteiger partial charge in [-0.25, -0.2) is 0 Å². The summed E-state index contributed by atoms with van der Waals surface area (Å²) in [5, 5.41) is 0. The first-order chi connectivity index (χ1) is 8.18. The van der Waals surface area contributed by atoms with Gasteiger partial charge in [-0.3, -0.25) is 4.98 Å². The van der Waals surface area contributed by atoms with Crippen LogP contribution < -0.4 is 10.6 Å². The van der Waals surface area contributed by atoms with Gasteiger partial charge in [-0.05, 0) is 24.3 Å². The van der Waals surface area contributed by atoms with Crippen molar-refractivity contribution in [2.45, 2.75) is 39.7 Å². The Hall–Kier alpha value is -1.09. The molecule has 1 aromatic heterocycles. The molecule has 3 heteroatoms. The molecule has 2 heterocycles. The smallest absolute Gasteiger partial charge is 0.0442 e. The lowest BCUT2D eigenvalue weighted by Gasteiger charge is -2.40. The van der Waals surface area contributed by atoms with E-state index >= 15 is 0 Å². The molecule has 94 valence electrons. The quantitative estimate of drug-likeness (QED) is 0.872. The Bertz CT molecular complexity index is 367. The van der Waals surface area contributed by atoms with Crippen molar-refractivity contribution in [1.29, 1.82) is 0 Å². The standard InChI is InChI=1S/C14H23N3/c1-3-14(2)5-8-17(9-6-14)13-4-7-16-11-12(13)10-15/h4,7,11H,3,5-6,8-10,15H2,1-2H3. The van der Waals surface area contributed by atoms with Gasteiger partial charge in [0.2, 0.25) is 0 Å². The van der Waals surface area contributed by atoms with Crippen molar-refractivity contribution >= 4 is 5.69 Å². The van der Waals surface area contributed by atoms with E-state index in [-0.39, 0.29) is 0 Å². The molecule has 1 aliphatic heterocycles. The number of rotatable bonds is 3. The molecule has 1 aromatic rings. The normalized spacial score (nSPS) is 19.4. The molecule has 0 aliphatic carbocycles. The molecule has 0 bridgehead atoms. The van der Waals surface area contributed by atoms with E-state index in [1.807, 2.05) is 12.4 Å². The SMILES string of the molecule is CCC1(C)CCN(c2ccncc2CN)CC1. The van der Waals surface area contributed by atoms with Crippen molar-refractivity contribution in [3.63, 3.8) is 0 Å². The molecule has 0 atom stereocenters. The van der Waals surface area contributed by atoms with Gasteiger partial charge in [0.1, 0.15) is 0 Å². The monoisotopic (exact) mass is 233 g/mol. The van der Waals surface area contributed by atoms with Crippen LogP contribution in [0.2, 0.25) is 0 Å². The van der Waals surface area contributed by atoms with Gasteiger partial charge in [-0.2, -0.15) is 0 Å². The third-order valence-electron chi connectivity index (χ3n) is 4.26. The molecule has 1 saturated heterocycles. The van der Waals surface area contributed by atoms with Crippen LogP contribution in [0.4, 0.5) is 5.69 Å². The molecule has 1 aliphatic rings. The topological polar surface area (TPSA) is 42.2 Å². The van der Waals surface area contributed by atoms with Crippen LogP contribution >= 0.6 is 0 Å². The molecule has 0 radical (unpaired) electrons. The average Bonchev–Trinajstić information content (AvgIpc) is 2.40. The zero-order chi connectivity index (χ0) is 12.3. The summed E-state index contributed by atoms with van der Waals surface area (Å²) in [7, 11) is 0. The fourth-order valence-corrected chi connectivity index (χ4v) is 2.53. The molecule has 0 unspecified atom stereocenters. The summed E-state index contributed by atoms with van der Waals surface area (Å²) >= 11 is 0. The van der Waals surface area contributed by atoms with Gasteiger partial charge in [0, 0.05) is 43.3 Å². The highest BCUT2D eigenvalue weighted by Crippen LogP contribution is 2.36. The van der Waals surface area contributed by atoms with Gasteiger partial charge >= 0.3 is 0 Å². The van der Waals surface area contributed by atoms with Crippen LogP contribution in [0, 0.1) is 5.41 Å². The number of piperidine rings is 1. The second-order valence-corrected chi connectivity index (χ2v) is 5.36. The summed E-state index contributed by atoms with van der Waals surface area (Å²) in [6, 6.07) is 2.09. The van der Waals surface area contributed by atoms with Crippen molar-refractivity contribution in [2.75, 3.05) is 18.0 Å². The number of aromatic nitrogens is 1. The van der Waals surface area contributed by atoms with Crippen molar-refractivity contribution in [2.24, 2.45) is 11.1 Å². The van der Waals surface area contributed by atoms with Crippen LogP contribution in [0.5, 0.6) is 0 Å². The average molecular weight is 233 g/mol. The minimum absolute atomic E-state index is 0.534. The number of hydrogen-bond acceptors (Lipinski definition) is 3. The van der Waals surface area contributed by atoms with E-state index < -0.39 is 0 Å². The summed E-state index contributed by atoms with van der Waals surface area (Å²) in [6.45, 7) is 7.56. The first-order valence-electron chi connectivity index (χ1n) is 6.56. The highest BCUT2D eigenvalue weighted by molar-refractivity contribution is 5.52. The minimum atomic E-state index is 0.534. The molecule has 2 N–H and O–H groups in total. The minimum Gasteiger partial charge on any atom is -0.371 e. The predicted octanol–water partition coefficient (Wildman–Crippen LogP) is 2.56. The van der Waals surface area contributed by atoms with Crippen molar-refractivity contribution in [1.82, 2.24) is 4.98 Å². The van der Waals surface area contributed by atoms with E-state index in [1.165, 1.54) is 24.9 Å². The number of nitrogens with two attached hydrogens (primary N) is 1. The molecule has 0 saturated carbocycles. The van der Waals surface area contributed by atoms with Crippen LogP contribution in [0.15, 0.2) is 18.5 Å². The van der Waals surface area contributed by atoms with Gasteiger partial charge in [0.25, 0.3) is 0 Å². The molecular formula is C14H23N3. The first kappa shape index (κ1) is 12.4. The lowest BCUT2D eigenvalue weighted by atomic mass is 9.78. The Labute approximate surface area is 104 Å². The molecule has 1 fully saturated rings. The van der Waals surface area contributed by atoms with E-state index in [0.717, 1.165) is 18.7 Å². The third kappa shape index (κ3) is 2.60. The Morgan fingerprint density at radius 1 is 1.41 bits per heavy atom. The van der Waals surface area contributed by atoms with Crippen molar-refractivity contribution in [3.05, 3.63) is 24.0 Å². The fourth-order valence-electron chi connectivity index (χ4n) is 2.53. The molecule has 0 amide bonds. The van der Waals surface area contributed by atoms with Gasteiger partial charge in [0.05, 0.1) is 0 Å². The van der Waals surface area contributed by atoms with Gasteiger partial charge in [-0.1, -0.05) is 20.3 Å². The largest absolute Gasteiger partial charge is 0.371 e. The van der Waals surface area contributed by atoms with Crippen LogP contribution in [0.1, 0.15) is 38.7 Å². The maximum absolute atomic E-state index is 5.77. The van der Waals surface area contributed by atoms with Gasteiger partial charge in [-0.15, -0.1) is 0 Å². The highest BCUT2D eigenvalue weighted by atomic mass is 15.1. The first-order valence-corrected chi connectivity index (χ1v) is 6.56. The molecule has 0 aromatic carbocycles. The van der Waals surface area contributed by atoms with Crippen LogP contribution in [-0.2, 0) is 6.54 Å². The Morgan fingerprint density at radius 3 is 2.71 bits per heavy atom. The second-order valence-electron chi connectivity index (χ2n) is 5.36. The number of pyridine rings is 1. The molecule has 3 nitrogen and oxygen atoms in total. The lowest BCUT2D eigenvalue weighted by Crippen LogP contribution is -2.39. The van der Waals surface area contributed by atoms with Crippen LogP contribution in [-0.4, -0.2) is 18.1 Å². The maximum atomic E-state index is 5.77. The van der Waals surface area contributed by atoms with Crippen LogP contribution in [0.3, 0.4) is 0 Å². The van der Waals surface area contributed by atoms with E-state index in [0.29, 0.717) is 12.0 Å². The predicted molar refractivity (Wildman–Crippen MR) is 72.0 cm³/mol. The fraction of sp³-hybridized carbons (Fsp3) is 0.643. The Kier molecular flexibility index (Phi) is 3.67. The number of hydrogen-bond donors (Lipinski definition) is 1. The van der Waals surface area contributed by atoms with E-state index in [9.17, 15) is 0 Å². The molecule has 0 spiro atoms. The molecule has 17 heavy (non-hydrogen) atoms. The summed E-state index contributed by atoms with van der Waals surface area (Å²) in [5.41, 5.74) is 8.74. The number of anilines is 1. The van der Waals surface area contributed by atoms with E-state index in [2.05, 4.69) is 29.8 Å². The highest BCUT2D eigenvalue weighted by Gasteiger charge is 2.28. The second kappa shape index (κ2) is 5.05. The zero-order valence-electron chi connectivity index (χ0n) is 10.9. The molecule has 2 rings (SSSR count). The van der Waals surface area contributed by atoms with Crippen LogP contribution in [0.25, 0.3) is 0 Å². The van der Waals surface area contributed by atoms with Crippen molar-refractivity contribution in [3.8, 4) is 0 Å². The van der Waals surface area contributed by atoms with Gasteiger partial charge in [0.15, 0.2) is 0 Å². The summed E-state index contributed by atoms with van der Waals surface area (Å²) in [5.74, 6) is 0. The third-order valence-corrected chi connectivity index (χ3v) is 4.26.